The van der Waals surface area contributed by atoms with Crippen molar-refractivity contribution in [1.29, 1.82) is 0 Å². The van der Waals surface area contributed by atoms with Gasteiger partial charge in [-0.1, -0.05) is 65.8 Å². The summed E-state index contributed by atoms with van der Waals surface area (Å²) >= 11 is 0. The Balaban J connectivity index is 0.000000575. The summed E-state index contributed by atoms with van der Waals surface area (Å²) in [5.41, 5.74) is 11.2. The summed E-state index contributed by atoms with van der Waals surface area (Å²) in [6.45, 7) is 48.1. The highest BCUT2D eigenvalue weighted by atomic mass is 35.5. The third kappa shape index (κ3) is 28.0. The normalized spacial score (nSPS) is 27.7. The van der Waals surface area contributed by atoms with Gasteiger partial charge in [-0.15, -0.1) is 24.8 Å². The molecule has 538 valence electrons. The molecule has 6 aliphatic heterocycles. The number of oxime groups is 1. The lowest BCUT2D eigenvalue weighted by atomic mass is 9.77. The number of carbonyl (C=O) groups is 6. The monoisotopic (exact) mass is 1360 g/mol. The Bertz CT molecular complexity index is 2830. The Hall–Kier alpha value is -4.69. The molecule has 6 heterocycles. The molecule has 6 aliphatic rings. The molecule has 0 saturated carbocycles. The number of ketones is 4. The number of halogens is 2. The van der Waals surface area contributed by atoms with Gasteiger partial charge in [0.2, 0.25) is 11.6 Å². The van der Waals surface area contributed by atoms with E-state index in [1.165, 1.54) is 0 Å². The maximum atomic E-state index is 12.4. The summed E-state index contributed by atoms with van der Waals surface area (Å²) in [6.07, 6.45) is 2.47. The fraction of sp³-hybridized carbons (Fsp3) is 0.729. The fourth-order valence-electron chi connectivity index (χ4n) is 14.5. The van der Waals surface area contributed by atoms with Gasteiger partial charge in [-0.3, -0.25) is 24.5 Å². The van der Waals surface area contributed by atoms with Gasteiger partial charge in [-0.2, -0.15) is 0 Å². The first-order valence-electron chi connectivity index (χ1n) is 32.4. The molecule has 0 aliphatic carbocycles. The molecular weight excluding hydrogens is 1240 g/mol. The first-order valence-corrected chi connectivity index (χ1v) is 32.4. The van der Waals surface area contributed by atoms with Crippen LogP contribution in [0.15, 0.2) is 65.8 Å². The molecule has 6 fully saturated rings. The molecule has 15 N–H and O–H groups in total. The van der Waals surface area contributed by atoms with Crippen LogP contribution in [-0.4, -0.2) is 159 Å². The number of nitrogens with two attached hydrogens (primary N) is 2. The van der Waals surface area contributed by atoms with Crippen LogP contribution in [0.4, 0.5) is 9.59 Å². The molecule has 24 heteroatoms. The summed E-state index contributed by atoms with van der Waals surface area (Å²) in [5.74, 6) is -0.476. The Morgan fingerprint density at radius 3 is 1.27 bits per heavy atom. The van der Waals surface area contributed by atoms with Gasteiger partial charge in [-0.05, 0) is 203 Å². The Morgan fingerprint density at radius 2 is 0.851 bits per heavy atom. The number of alkyl carbamates (subject to hydrolysis) is 2. The summed E-state index contributed by atoms with van der Waals surface area (Å²) < 4.78 is 10.4. The molecule has 6 saturated heterocycles. The van der Waals surface area contributed by atoms with Gasteiger partial charge in [-0.25, -0.2) is 9.59 Å². The zero-order valence-electron chi connectivity index (χ0n) is 61.1. The molecule has 0 radical (unpaired) electrons. The van der Waals surface area contributed by atoms with Crippen LogP contribution in [0.3, 0.4) is 0 Å². The third-order valence-electron chi connectivity index (χ3n) is 16.9. The van der Waals surface area contributed by atoms with Crippen molar-refractivity contribution >= 4 is 65.8 Å². The number of hydrogen-bond donors (Lipinski definition) is 13. The van der Waals surface area contributed by atoms with E-state index in [0.717, 1.165) is 42.5 Å². The first kappa shape index (κ1) is 87.3. The number of aliphatic hydroxyl groups excluding tert-OH is 2. The van der Waals surface area contributed by atoms with E-state index in [9.17, 15) is 39.0 Å². The van der Waals surface area contributed by atoms with E-state index in [1.54, 1.807) is 13.8 Å². The summed E-state index contributed by atoms with van der Waals surface area (Å²) in [5, 5.41) is 57.7. The SMILES string of the molecule is CC1(C)CC(=NO)CC(C)(C)N1.CC1(C)CC(=O)C(=O)C(C)(C)N1.CC1(C)CC(N)C(=O)C(C)(C)N1.CC1(C)CC(NC(=O)OCc2ccccc2)C(=O)C(C)(C)N1.CC1(C)C[C@@H](N)[C@@H](O)C(C)(C)N1.CC1(C)C[C@@H](NC(=O)OCc2ccccc2)[C@@H](O)C(C)(C)N1.Cl.Cl. The van der Waals surface area contributed by atoms with E-state index >= 15 is 0 Å². The molecule has 2 unspecified atom stereocenters. The molecule has 2 aromatic carbocycles. The molecule has 22 nitrogen and oxygen atoms in total. The number of carbonyl (C=O) groups excluding carboxylic acids is 6. The largest absolute Gasteiger partial charge is 0.445 e. The highest BCUT2D eigenvalue weighted by Crippen LogP contribution is 2.32. The van der Waals surface area contributed by atoms with Crippen molar-refractivity contribution in [3.05, 3.63) is 71.8 Å². The van der Waals surface area contributed by atoms with Crippen LogP contribution >= 0.6 is 24.8 Å². The molecule has 0 bridgehead atoms. The van der Waals surface area contributed by atoms with Crippen molar-refractivity contribution in [3.63, 3.8) is 0 Å². The maximum absolute atomic E-state index is 12.4. The fourth-order valence-corrected chi connectivity index (χ4v) is 14.5. The van der Waals surface area contributed by atoms with E-state index in [2.05, 4.69) is 117 Å². The van der Waals surface area contributed by atoms with Crippen LogP contribution in [0, 0.1) is 0 Å². The highest BCUT2D eigenvalue weighted by molar-refractivity contribution is 6.41. The van der Waals surface area contributed by atoms with Gasteiger partial charge in [0.05, 0.1) is 52.7 Å². The molecule has 94 heavy (non-hydrogen) atoms. The van der Waals surface area contributed by atoms with Crippen molar-refractivity contribution in [2.24, 2.45) is 16.6 Å². The molecule has 2 amide bonds. The summed E-state index contributed by atoms with van der Waals surface area (Å²) in [4.78, 5) is 70.5. The van der Waals surface area contributed by atoms with Crippen LogP contribution in [0.25, 0.3) is 0 Å². The van der Waals surface area contributed by atoms with Gasteiger partial charge in [0.1, 0.15) is 13.2 Å². The number of aliphatic hydroxyl groups is 2. The Morgan fingerprint density at radius 1 is 0.479 bits per heavy atom. The van der Waals surface area contributed by atoms with Crippen molar-refractivity contribution in [2.45, 2.75) is 327 Å². The second-order valence-corrected chi connectivity index (χ2v) is 33.5. The molecule has 0 aromatic heterocycles. The van der Waals surface area contributed by atoms with Crippen LogP contribution in [-0.2, 0) is 41.9 Å². The second-order valence-electron chi connectivity index (χ2n) is 33.5. The summed E-state index contributed by atoms with van der Waals surface area (Å²) in [7, 11) is 0. The smallest absolute Gasteiger partial charge is 0.408 e. The quantitative estimate of drug-likeness (QED) is 0.0732. The number of nitrogens with zero attached hydrogens (tertiary/aromatic N) is 1. The highest BCUT2D eigenvalue weighted by Gasteiger charge is 2.49. The van der Waals surface area contributed by atoms with Crippen molar-refractivity contribution < 1.29 is 53.7 Å². The number of amides is 2. The van der Waals surface area contributed by atoms with Gasteiger partial charge < -0.3 is 73.6 Å². The Kier molecular flexibility index (Phi) is 30.9. The summed E-state index contributed by atoms with van der Waals surface area (Å²) in [6, 6.07) is 17.7. The number of hydrogen-bond acceptors (Lipinski definition) is 20. The lowest BCUT2D eigenvalue weighted by Crippen LogP contribution is -2.70. The van der Waals surface area contributed by atoms with Gasteiger partial charge >= 0.3 is 12.2 Å². The van der Waals surface area contributed by atoms with E-state index in [1.807, 2.05) is 144 Å². The lowest BCUT2D eigenvalue weighted by Gasteiger charge is -2.49. The lowest BCUT2D eigenvalue weighted by molar-refractivity contribution is -0.144. The van der Waals surface area contributed by atoms with Crippen LogP contribution in [0.1, 0.15) is 222 Å². The molecule has 8 rings (SSSR count). The Labute approximate surface area is 574 Å². The number of piperidine rings is 6. The van der Waals surface area contributed by atoms with E-state index in [0.29, 0.717) is 19.3 Å². The zero-order chi connectivity index (χ0) is 70.9. The molecule has 2 aromatic rings. The van der Waals surface area contributed by atoms with Crippen LogP contribution < -0.4 is 54.0 Å². The standard InChI is InChI=1S/C17H26N2O3.C17H24N2O3.C9H18N2O.C9H20N2O.C9H18N2O.C9H15NO2.2ClH/c2*1-16(2)10-13(14(20)17(3,4)19-16)18-15(21)22-11-12-8-6-5-7-9-12;1-8(2)5-7(10-12)6-9(3,4)11-8;2*1-8(2)5-6(10)7(12)9(3,4)11-8;1-8(2)5-6(11)7(12)9(3,4)10-8;;/h5-9,13-14,19-20H,10-11H2,1-4H3,(H,18,21);5-9,13,19H,10-11H2,1-4H3,(H,18,21);11-12H,5-6H2,1-4H3;6-7,11-12H,5,10H2,1-4H3;6,11H,5,10H2,1-4H3;10H,5H2,1-4H3;2*1H/t13-,14-;;;6-,7-;;;;/m1..1..../s1. The predicted octanol–water partition coefficient (Wildman–Crippen LogP) is 8.53. The topological polar surface area (TPSA) is 342 Å². The van der Waals surface area contributed by atoms with Crippen LogP contribution in [0.2, 0.25) is 0 Å². The van der Waals surface area contributed by atoms with E-state index in [4.69, 9.17) is 26.1 Å². The number of rotatable bonds is 6. The average Bonchev–Trinajstić information content (AvgIpc) is 0.824. The van der Waals surface area contributed by atoms with E-state index < -0.39 is 52.6 Å². The second kappa shape index (κ2) is 33.2. The molecule has 6 atom stereocenters. The number of nitrogens with one attached hydrogen (secondary N) is 8. The minimum atomic E-state index is -0.696. The minimum absolute atomic E-state index is 0. The predicted molar refractivity (Wildman–Crippen MR) is 379 cm³/mol. The van der Waals surface area contributed by atoms with Crippen molar-refractivity contribution in [2.75, 3.05) is 0 Å². The maximum Gasteiger partial charge on any atom is 0.408 e. The van der Waals surface area contributed by atoms with E-state index in [-0.39, 0.29) is 124 Å². The molecule has 0 spiro atoms. The number of benzene rings is 2. The van der Waals surface area contributed by atoms with Crippen molar-refractivity contribution in [3.8, 4) is 0 Å². The zero-order valence-corrected chi connectivity index (χ0v) is 62.8. The van der Waals surface area contributed by atoms with Crippen LogP contribution in [0.5, 0.6) is 0 Å². The first-order chi connectivity index (χ1) is 41.5. The minimum Gasteiger partial charge on any atom is -0.445 e. The van der Waals surface area contributed by atoms with Gasteiger partial charge in [0.25, 0.3) is 0 Å². The third-order valence-corrected chi connectivity index (χ3v) is 16.9. The molecular formula is C70H123Cl2N11O11. The van der Waals surface area contributed by atoms with Gasteiger partial charge in [0.15, 0.2) is 11.6 Å². The van der Waals surface area contributed by atoms with Crippen molar-refractivity contribution in [1.82, 2.24) is 42.5 Å². The average molecular weight is 1370 g/mol. The van der Waals surface area contributed by atoms with Gasteiger partial charge in [0, 0.05) is 75.2 Å². The number of Topliss-reactive ketones (excluding diaryl/α,β-unsaturated/α-hetero) is 4. The number of ether oxygens (including phenoxy) is 2.